The first-order valence-electron chi connectivity index (χ1n) is 11.1. The van der Waals surface area contributed by atoms with Crippen molar-refractivity contribution in [1.29, 1.82) is 0 Å². The Kier molecular flexibility index (Phi) is 6.01. The van der Waals surface area contributed by atoms with Crippen LogP contribution in [0.15, 0.2) is 60.0 Å². The van der Waals surface area contributed by atoms with Crippen molar-refractivity contribution in [3.8, 4) is 11.3 Å². The van der Waals surface area contributed by atoms with E-state index in [1.807, 2.05) is 47.8 Å². The topological polar surface area (TPSA) is 74.3 Å². The molecule has 164 valence electrons. The molecule has 1 aromatic heterocycles. The largest absolute Gasteiger partial charge is 0.349 e. The Hall–Kier alpha value is -3.03. The number of carbonyl (C=O) groups excluding carboxylic acids is 2. The van der Waals surface area contributed by atoms with Gasteiger partial charge in [-0.05, 0) is 49.9 Å². The Morgan fingerprint density at radius 1 is 1.03 bits per heavy atom. The third kappa shape index (κ3) is 4.89. The van der Waals surface area contributed by atoms with Gasteiger partial charge in [0, 0.05) is 29.1 Å². The number of carbonyl (C=O) groups is 2. The van der Waals surface area contributed by atoms with E-state index in [0.717, 1.165) is 50.0 Å². The molecule has 2 aromatic carbocycles. The molecule has 2 aliphatic rings. The van der Waals surface area contributed by atoms with E-state index < -0.39 is 0 Å². The maximum atomic E-state index is 12.9. The van der Waals surface area contributed by atoms with Gasteiger partial charge in [0.1, 0.15) is 0 Å². The molecule has 1 aliphatic carbocycles. The van der Waals surface area contributed by atoms with Crippen LogP contribution in [0.1, 0.15) is 41.6 Å². The van der Waals surface area contributed by atoms with Crippen molar-refractivity contribution in [2.75, 3.05) is 11.9 Å². The maximum absolute atomic E-state index is 12.9. The second-order valence-electron chi connectivity index (χ2n) is 8.47. The maximum Gasteiger partial charge on any atom is 0.251 e. The highest BCUT2D eigenvalue weighted by Crippen LogP contribution is 2.27. The van der Waals surface area contributed by atoms with Gasteiger partial charge in [-0.2, -0.15) is 0 Å². The van der Waals surface area contributed by atoms with E-state index >= 15 is 0 Å². The Bertz CT molecular complexity index is 1090. The average molecular weight is 447 g/mol. The first-order chi connectivity index (χ1) is 15.7. The standard InChI is InChI=1S/C25H26N4O2S/c30-23(26-20-12-13-20)19-10-8-18(9-11-19)21-16-32-25(27-21)28-24(31)22-7-4-14-29(22)15-17-5-2-1-3-6-17/h1-3,5-6,8-11,16,20,22H,4,7,12-15H2,(H,26,30)(H,27,28,31). The first-order valence-corrected chi connectivity index (χ1v) is 12.0. The molecule has 6 nitrogen and oxygen atoms in total. The molecule has 2 heterocycles. The van der Waals surface area contributed by atoms with Crippen molar-refractivity contribution < 1.29 is 9.59 Å². The minimum Gasteiger partial charge on any atom is -0.349 e. The fourth-order valence-corrected chi connectivity index (χ4v) is 4.79. The van der Waals surface area contributed by atoms with Crippen LogP contribution in [0.4, 0.5) is 5.13 Å². The van der Waals surface area contributed by atoms with Crippen LogP contribution in [-0.2, 0) is 11.3 Å². The lowest BCUT2D eigenvalue weighted by Crippen LogP contribution is -2.39. The summed E-state index contributed by atoms with van der Waals surface area (Å²) in [6.07, 6.45) is 4.03. The third-order valence-electron chi connectivity index (χ3n) is 5.98. The van der Waals surface area contributed by atoms with Crippen molar-refractivity contribution >= 4 is 28.3 Å². The molecule has 2 N–H and O–H groups in total. The molecule has 2 amide bonds. The van der Waals surface area contributed by atoms with E-state index in [2.05, 4.69) is 32.7 Å². The Morgan fingerprint density at radius 2 is 1.81 bits per heavy atom. The molecule has 1 unspecified atom stereocenters. The van der Waals surface area contributed by atoms with Gasteiger partial charge in [0.05, 0.1) is 11.7 Å². The van der Waals surface area contributed by atoms with Gasteiger partial charge >= 0.3 is 0 Å². The second kappa shape index (κ2) is 9.22. The lowest BCUT2D eigenvalue weighted by molar-refractivity contribution is -0.120. The van der Waals surface area contributed by atoms with Crippen LogP contribution in [0.25, 0.3) is 11.3 Å². The van der Waals surface area contributed by atoms with Crippen LogP contribution in [0, 0.1) is 0 Å². The van der Waals surface area contributed by atoms with Gasteiger partial charge in [-0.1, -0.05) is 42.5 Å². The van der Waals surface area contributed by atoms with Crippen LogP contribution >= 0.6 is 11.3 Å². The third-order valence-corrected chi connectivity index (χ3v) is 6.74. The van der Waals surface area contributed by atoms with Crippen molar-refractivity contribution in [3.63, 3.8) is 0 Å². The van der Waals surface area contributed by atoms with Crippen molar-refractivity contribution in [3.05, 3.63) is 71.1 Å². The Morgan fingerprint density at radius 3 is 2.56 bits per heavy atom. The van der Waals surface area contributed by atoms with Gasteiger partial charge in [0.25, 0.3) is 5.91 Å². The zero-order chi connectivity index (χ0) is 21.9. The second-order valence-corrected chi connectivity index (χ2v) is 9.32. The van der Waals surface area contributed by atoms with Gasteiger partial charge in [0.15, 0.2) is 5.13 Å². The first kappa shape index (κ1) is 20.8. The SMILES string of the molecule is O=C(NC1CC1)c1ccc(-c2csc(NC(=O)C3CCCN3Cc3ccccc3)n2)cc1. The van der Waals surface area contributed by atoms with Crippen molar-refractivity contribution in [2.24, 2.45) is 0 Å². The lowest BCUT2D eigenvalue weighted by Gasteiger charge is -2.23. The quantitative estimate of drug-likeness (QED) is 0.567. The number of hydrogen-bond acceptors (Lipinski definition) is 5. The van der Waals surface area contributed by atoms with E-state index in [-0.39, 0.29) is 17.9 Å². The number of hydrogen-bond donors (Lipinski definition) is 2. The summed E-state index contributed by atoms with van der Waals surface area (Å²) in [7, 11) is 0. The molecule has 1 saturated carbocycles. The number of rotatable bonds is 7. The molecule has 5 rings (SSSR count). The summed E-state index contributed by atoms with van der Waals surface area (Å²) in [4.78, 5) is 31.9. The number of benzene rings is 2. The molecule has 0 bridgehead atoms. The summed E-state index contributed by atoms with van der Waals surface area (Å²) in [5.41, 5.74) is 3.60. The van der Waals surface area contributed by atoms with E-state index in [4.69, 9.17) is 0 Å². The smallest absolute Gasteiger partial charge is 0.251 e. The van der Waals surface area contributed by atoms with Gasteiger partial charge in [0.2, 0.25) is 5.91 Å². The van der Waals surface area contributed by atoms with Crippen LogP contribution in [0.2, 0.25) is 0 Å². The molecule has 7 heteroatoms. The van der Waals surface area contributed by atoms with Crippen LogP contribution in [0.3, 0.4) is 0 Å². The van der Waals surface area contributed by atoms with Crippen molar-refractivity contribution in [1.82, 2.24) is 15.2 Å². The Labute approximate surface area is 191 Å². The molecule has 0 spiro atoms. The zero-order valence-corrected chi connectivity index (χ0v) is 18.6. The number of nitrogens with zero attached hydrogens (tertiary/aromatic N) is 2. The molecule has 2 fully saturated rings. The number of aromatic nitrogens is 1. The zero-order valence-electron chi connectivity index (χ0n) is 17.8. The minimum absolute atomic E-state index is 0.00595. The minimum atomic E-state index is -0.133. The van der Waals surface area contributed by atoms with E-state index in [9.17, 15) is 9.59 Å². The highest BCUT2D eigenvalue weighted by atomic mass is 32.1. The van der Waals surface area contributed by atoms with E-state index in [1.54, 1.807) is 0 Å². The molecular formula is C25H26N4O2S. The highest BCUT2D eigenvalue weighted by Gasteiger charge is 2.31. The monoisotopic (exact) mass is 446 g/mol. The van der Waals surface area contributed by atoms with Crippen LogP contribution in [-0.4, -0.2) is 40.3 Å². The predicted molar refractivity (Wildman–Crippen MR) is 127 cm³/mol. The fourth-order valence-electron chi connectivity index (χ4n) is 4.07. The molecule has 3 aromatic rings. The molecule has 1 atom stereocenters. The number of likely N-dealkylation sites (tertiary alicyclic amines) is 1. The molecule has 0 radical (unpaired) electrons. The summed E-state index contributed by atoms with van der Waals surface area (Å²) >= 11 is 1.42. The van der Waals surface area contributed by atoms with Crippen molar-refractivity contribution in [2.45, 2.75) is 44.3 Å². The van der Waals surface area contributed by atoms with Crippen LogP contribution in [0.5, 0.6) is 0 Å². The molecule has 32 heavy (non-hydrogen) atoms. The summed E-state index contributed by atoms with van der Waals surface area (Å²) in [5.74, 6) is -0.0201. The van der Waals surface area contributed by atoms with Crippen LogP contribution < -0.4 is 10.6 Å². The Balaban J connectivity index is 1.21. The summed E-state index contributed by atoms with van der Waals surface area (Å²) in [6, 6.07) is 17.9. The van der Waals surface area contributed by atoms with Gasteiger partial charge in [-0.3, -0.25) is 14.5 Å². The fraction of sp³-hybridized carbons (Fsp3) is 0.320. The number of thiazole rings is 1. The molecule has 1 saturated heterocycles. The predicted octanol–water partition coefficient (Wildman–Crippen LogP) is 4.31. The van der Waals surface area contributed by atoms with E-state index in [0.29, 0.717) is 16.7 Å². The number of amides is 2. The van der Waals surface area contributed by atoms with Gasteiger partial charge in [-0.25, -0.2) is 4.98 Å². The summed E-state index contributed by atoms with van der Waals surface area (Å²) in [6.45, 7) is 1.71. The van der Waals surface area contributed by atoms with Gasteiger partial charge < -0.3 is 10.6 Å². The average Bonchev–Trinajstić information content (AvgIpc) is 3.30. The molecular weight excluding hydrogens is 420 g/mol. The lowest BCUT2D eigenvalue weighted by atomic mass is 10.1. The normalized spacial score (nSPS) is 18.4. The summed E-state index contributed by atoms with van der Waals surface area (Å²) < 4.78 is 0. The number of anilines is 1. The van der Waals surface area contributed by atoms with Gasteiger partial charge in [-0.15, -0.1) is 11.3 Å². The van der Waals surface area contributed by atoms with E-state index in [1.165, 1.54) is 16.9 Å². The summed E-state index contributed by atoms with van der Waals surface area (Å²) in [5, 5.41) is 8.55. The number of nitrogens with one attached hydrogen (secondary N) is 2. The highest BCUT2D eigenvalue weighted by molar-refractivity contribution is 7.14. The molecule has 1 aliphatic heterocycles.